The number of nitrogens with one attached hydrogen (secondary N) is 1. The Hall–Kier alpha value is -2.87. The molecule has 0 unspecified atom stereocenters. The minimum absolute atomic E-state index is 0.0690. The van der Waals surface area contributed by atoms with Gasteiger partial charge in [-0.15, -0.1) is 0 Å². The van der Waals surface area contributed by atoms with Crippen molar-refractivity contribution in [2.45, 2.75) is 4.90 Å². The van der Waals surface area contributed by atoms with Crippen LogP contribution in [-0.4, -0.2) is 19.9 Å². The van der Waals surface area contributed by atoms with Crippen molar-refractivity contribution >= 4 is 21.4 Å². The lowest BCUT2D eigenvalue weighted by atomic mass is 10.3. The average molecular weight is 334 g/mol. The Morgan fingerprint density at radius 1 is 1.22 bits per heavy atom. The Kier molecular flexibility index (Phi) is 4.97. The maximum atomic E-state index is 12.3. The monoisotopic (exact) mass is 334 g/mol. The van der Waals surface area contributed by atoms with Gasteiger partial charge < -0.3 is 4.74 Å². The zero-order chi connectivity index (χ0) is 16.9. The minimum Gasteiger partial charge on any atom is -0.489 e. The molecule has 0 aromatic heterocycles. The topological polar surface area (TPSA) is 98.5 Å². The summed E-state index contributed by atoms with van der Waals surface area (Å²) in [7, 11) is -3.84. The first-order chi connectivity index (χ1) is 10.9. The van der Waals surface area contributed by atoms with Gasteiger partial charge in [0.05, 0.1) is 15.5 Å². The van der Waals surface area contributed by atoms with E-state index in [0.717, 1.165) is 12.1 Å². The standard InChI is InChI=1S/C15H14N2O5S/c1-2-10-22-14-5-3-4-12(11-14)16-23(20,21)15-8-6-13(7-9-15)17(18)19/h2-9,11,16H,1,10H2. The van der Waals surface area contributed by atoms with Crippen LogP contribution in [0.1, 0.15) is 0 Å². The summed E-state index contributed by atoms with van der Waals surface area (Å²) in [6, 6.07) is 11.1. The number of rotatable bonds is 7. The number of sulfonamides is 1. The molecule has 1 N–H and O–H groups in total. The fourth-order valence-electron chi connectivity index (χ4n) is 1.77. The lowest BCUT2D eigenvalue weighted by Gasteiger charge is -2.10. The third-order valence-electron chi connectivity index (χ3n) is 2.81. The van der Waals surface area contributed by atoms with Gasteiger partial charge in [0.15, 0.2) is 0 Å². The fourth-order valence-corrected chi connectivity index (χ4v) is 2.82. The van der Waals surface area contributed by atoms with Crippen LogP contribution in [0.25, 0.3) is 0 Å². The Bertz CT molecular complexity index is 816. The number of nitrogens with zero attached hydrogens (tertiary/aromatic N) is 1. The first-order valence-electron chi connectivity index (χ1n) is 6.53. The Morgan fingerprint density at radius 2 is 1.91 bits per heavy atom. The molecule has 7 nitrogen and oxygen atoms in total. The van der Waals surface area contributed by atoms with Gasteiger partial charge >= 0.3 is 0 Å². The first-order valence-corrected chi connectivity index (χ1v) is 8.02. The highest BCUT2D eigenvalue weighted by molar-refractivity contribution is 7.92. The van der Waals surface area contributed by atoms with E-state index in [-0.39, 0.29) is 10.6 Å². The highest BCUT2D eigenvalue weighted by Gasteiger charge is 2.16. The van der Waals surface area contributed by atoms with Crippen molar-refractivity contribution in [1.82, 2.24) is 0 Å². The molecule has 2 aromatic carbocycles. The normalized spacial score (nSPS) is 10.8. The van der Waals surface area contributed by atoms with Crippen LogP contribution < -0.4 is 9.46 Å². The zero-order valence-corrected chi connectivity index (χ0v) is 12.8. The van der Waals surface area contributed by atoms with Gasteiger partial charge in [0.25, 0.3) is 15.7 Å². The molecule has 0 aliphatic carbocycles. The van der Waals surface area contributed by atoms with Gasteiger partial charge in [-0.25, -0.2) is 8.42 Å². The molecular weight excluding hydrogens is 320 g/mol. The number of nitro benzene ring substituents is 1. The number of hydrogen-bond donors (Lipinski definition) is 1. The predicted octanol–water partition coefficient (Wildman–Crippen LogP) is 2.96. The Morgan fingerprint density at radius 3 is 2.52 bits per heavy atom. The second-order valence-electron chi connectivity index (χ2n) is 4.48. The molecule has 2 rings (SSSR count). The third kappa shape index (κ3) is 4.30. The summed E-state index contributed by atoms with van der Waals surface area (Å²) in [5.41, 5.74) is 0.147. The van der Waals surface area contributed by atoms with Crippen molar-refractivity contribution in [3.8, 4) is 5.75 Å². The molecule has 0 saturated carbocycles. The summed E-state index contributed by atoms with van der Waals surface area (Å²) < 4.78 is 32.3. The second kappa shape index (κ2) is 6.93. The lowest BCUT2D eigenvalue weighted by molar-refractivity contribution is -0.384. The van der Waals surface area contributed by atoms with Crippen LogP contribution in [0.3, 0.4) is 0 Å². The largest absolute Gasteiger partial charge is 0.489 e. The highest BCUT2D eigenvalue weighted by Crippen LogP contribution is 2.22. The Balaban J connectivity index is 2.20. The molecule has 0 spiro atoms. The number of benzene rings is 2. The van der Waals surface area contributed by atoms with Gasteiger partial charge in [0, 0.05) is 18.2 Å². The molecule has 0 atom stereocenters. The summed E-state index contributed by atoms with van der Waals surface area (Å²) >= 11 is 0. The summed E-state index contributed by atoms with van der Waals surface area (Å²) in [6.07, 6.45) is 1.58. The quantitative estimate of drug-likeness (QED) is 0.477. The Labute approximate surface area is 133 Å². The molecule has 23 heavy (non-hydrogen) atoms. The molecule has 0 aliphatic heterocycles. The molecule has 0 bridgehead atoms. The van der Waals surface area contributed by atoms with E-state index < -0.39 is 14.9 Å². The number of hydrogen-bond acceptors (Lipinski definition) is 5. The highest BCUT2D eigenvalue weighted by atomic mass is 32.2. The van der Waals surface area contributed by atoms with E-state index in [0.29, 0.717) is 18.0 Å². The van der Waals surface area contributed by atoms with E-state index in [1.54, 1.807) is 24.3 Å². The predicted molar refractivity (Wildman–Crippen MR) is 86.0 cm³/mol. The number of ether oxygens (including phenoxy) is 1. The van der Waals surface area contributed by atoms with Crippen LogP contribution in [0.2, 0.25) is 0 Å². The maximum Gasteiger partial charge on any atom is 0.269 e. The van der Waals surface area contributed by atoms with E-state index in [1.165, 1.54) is 18.2 Å². The van der Waals surface area contributed by atoms with Crippen LogP contribution >= 0.6 is 0 Å². The SMILES string of the molecule is C=CCOc1cccc(NS(=O)(=O)c2ccc([N+](=O)[O-])cc2)c1. The maximum absolute atomic E-state index is 12.3. The van der Waals surface area contributed by atoms with Crippen molar-refractivity contribution in [3.05, 3.63) is 71.3 Å². The van der Waals surface area contributed by atoms with Crippen molar-refractivity contribution in [3.63, 3.8) is 0 Å². The average Bonchev–Trinajstić information content (AvgIpc) is 2.53. The number of anilines is 1. The smallest absolute Gasteiger partial charge is 0.269 e. The van der Waals surface area contributed by atoms with Crippen molar-refractivity contribution < 1.29 is 18.1 Å². The van der Waals surface area contributed by atoms with Gasteiger partial charge in [-0.2, -0.15) is 0 Å². The zero-order valence-electron chi connectivity index (χ0n) is 12.0. The lowest BCUT2D eigenvalue weighted by Crippen LogP contribution is -2.13. The molecule has 0 amide bonds. The summed E-state index contributed by atoms with van der Waals surface area (Å²) in [4.78, 5) is 9.93. The van der Waals surface area contributed by atoms with E-state index in [4.69, 9.17) is 4.74 Å². The van der Waals surface area contributed by atoms with Gasteiger partial charge in [-0.1, -0.05) is 18.7 Å². The van der Waals surface area contributed by atoms with E-state index >= 15 is 0 Å². The van der Waals surface area contributed by atoms with Gasteiger partial charge in [-0.05, 0) is 24.3 Å². The fraction of sp³-hybridized carbons (Fsp3) is 0.0667. The third-order valence-corrected chi connectivity index (χ3v) is 4.21. The summed E-state index contributed by atoms with van der Waals surface area (Å²) in [5.74, 6) is 0.494. The molecule has 0 heterocycles. The van der Waals surface area contributed by atoms with Gasteiger partial charge in [0.1, 0.15) is 12.4 Å². The van der Waals surface area contributed by atoms with E-state index in [9.17, 15) is 18.5 Å². The van der Waals surface area contributed by atoms with Crippen LogP contribution in [0.4, 0.5) is 11.4 Å². The summed E-state index contributed by atoms with van der Waals surface area (Å²) in [6.45, 7) is 3.84. The molecule has 120 valence electrons. The molecule has 0 radical (unpaired) electrons. The molecule has 0 saturated heterocycles. The number of non-ortho nitro benzene ring substituents is 1. The van der Waals surface area contributed by atoms with Gasteiger partial charge in [0.2, 0.25) is 0 Å². The minimum atomic E-state index is -3.84. The van der Waals surface area contributed by atoms with E-state index in [1.807, 2.05) is 0 Å². The van der Waals surface area contributed by atoms with Crippen molar-refractivity contribution in [2.75, 3.05) is 11.3 Å². The van der Waals surface area contributed by atoms with Crippen LogP contribution in [0.5, 0.6) is 5.75 Å². The summed E-state index contributed by atoms with van der Waals surface area (Å²) in [5, 5.41) is 10.6. The van der Waals surface area contributed by atoms with Crippen LogP contribution in [-0.2, 0) is 10.0 Å². The second-order valence-corrected chi connectivity index (χ2v) is 6.17. The van der Waals surface area contributed by atoms with Crippen LogP contribution in [0.15, 0.2) is 66.1 Å². The molecule has 2 aromatic rings. The first kappa shape index (κ1) is 16.5. The molecule has 8 heteroatoms. The van der Waals surface area contributed by atoms with Gasteiger partial charge in [-0.3, -0.25) is 14.8 Å². The van der Waals surface area contributed by atoms with E-state index in [2.05, 4.69) is 11.3 Å². The molecular formula is C15H14N2O5S. The van der Waals surface area contributed by atoms with Crippen molar-refractivity contribution in [1.29, 1.82) is 0 Å². The molecule has 0 fully saturated rings. The molecule has 0 aliphatic rings. The van der Waals surface area contributed by atoms with Crippen LogP contribution in [0, 0.1) is 10.1 Å². The number of nitro groups is 1. The van der Waals surface area contributed by atoms with Crippen molar-refractivity contribution in [2.24, 2.45) is 0 Å².